The number of hydrogen-bond donors (Lipinski definition) is 1. The van der Waals surface area contributed by atoms with Gasteiger partial charge in [0.25, 0.3) is 0 Å². The third-order valence-corrected chi connectivity index (χ3v) is 5.42. The molecule has 2 rings (SSSR count). The Morgan fingerprint density at radius 2 is 2.24 bits per heavy atom. The summed E-state index contributed by atoms with van der Waals surface area (Å²) in [6, 6.07) is 5.34. The van der Waals surface area contributed by atoms with E-state index in [9.17, 15) is 8.42 Å². The fourth-order valence-corrected chi connectivity index (χ4v) is 4.37. The summed E-state index contributed by atoms with van der Waals surface area (Å²) < 4.78 is 24.0. The Morgan fingerprint density at radius 1 is 1.53 bits per heavy atom. The lowest BCUT2D eigenvalue weighted by atomic mass is 9.95. The highest BCUT2D eigenvalue weighted by atomic mass is 35.5. The number of fused-ring (bicyclic) bond motifs is 1. The molecule has 0 spiro atoms. The number of benzene rings is 1. The molecule has 94 valence electrons. The maximum Gasteiger partial charge on any atom is 0.179 e. The van der Waals surface area contributed by atoms with Crippen molar-refractivity contribution in [2.75, 3.05) is 12.8 Å². The van der Waals surface area contributed by atoms with Crippen molar-refractivity contribution in [3.05, 3.63) is 28.8 Å². The van der Waals surface area contributed by atoms with Crippen LogP contribution in [0.3, 0.4) is 0 Å². The zero-order chi connectivity index (χ0) is 12.6. The normalized spacial score (nSPS) is 23.4. The van der Waals surface area contributed by atoms with Crippen molar-refractivity contribution in [3.63, 3.8) is 0 Å². The lowest BCUT2D eigenvalue weighted by molar-refractivity contribution is 0.517. The summed E-state index contributed by atoms with van der Waals surface area (Å²) in [5.41, 5.74) is 0.875. The van der Waals surface area contributed by atoms with E-state index in [0.717, 1.165) is 12.0 Å². The van der Waals surface area contributed by atoms with Gasteiger partial charge in [0.05, 0.1) is 10.6 Å². The lowest BCUT2D eigenvalue weighted by Gasteiger charge is -2.15. The molecule has 5 heteroatoms. The van der Waals surface area contributed by atoms with Gasteiger partial charge in [-0.15, -0.1) is 0 Å². The van der Waals surface area contributed by atoms with Gasteiger partial charge in [0.2, 0.25) is 0 Å². The Labute approximate surface area is 107 Å². The Bertz CT molecular complexity index is 527. The molecule has 0 radical (unpaired) electrons. The second-order valence-corrected chi connectivity index (χ2v) is 7.03. The fourth-order valence-electron chi connectivity index (χ4n) is 2.31. The highest BCUT2D eigenvalue weighted by molar-refractivity contribution is 7.91. The molecular weight excluding hydrogens is 258 g/mol. The van der Waals surface area contributed by atoms with Gasteiger partial charge in [0.15, 0.2) is 9.84 Å². The van der Waals surface area contributed by atoms with Crippen LogP contribution in [0, 0.1) is 0 Å². The average molecular weight is 274 g/mol. The first-order chi connectivity index (χ1) is 7.94. The van der Waals surface area contributed by atoms with E-state index < -0.39 is 9.84 Å². The van der Waals surface area contributed by atoms with Gasteiger partial charge in [-0.1, -0.05) is 11.6 Å². The standard InChI is InChI=1S/C12H16ClNO2S/c1-8(14-2)5-9-7-17(15,16)12-4-3-10(13)6-11(9)12/h3-4,6,8-9,14H,5,7H2,1-2H3. The summed E-state index contributed by atoms with van der Waals surface area (Å²) >= 11 is 5.94. The number of nitrogens with one attached hydrogen (secondary N) is 1. The fraction of sp³-hybridized carbons (Fsp3) is 0.500. The van der Waals surface area contributed by atoms with Crippen LogP contribution in [0.2, 0.25) is 5.02 Å². The van der Waals surface area contributed by atoms with Crippen molar-refractivity contribution in [1.82, 2.24) is 5.32 Å². The summed E-state index contributed by atoms with van der Waals surface area (Å²) in [7, 11) is -1.23. The Hall–Kier alpha value is -0.580. The predicted molar refractivity (Wildman–Crippen MR) is 69.4 cm³/mol. The minimum absolute atomic E-state index is 0.0520. The maximum atomic E-state index is 12.0. The van der Waals surface area contributed by atoms with Gasteiger partial charge in [0, 0.05) is 17.0 Å². The van der Waals surface area contributed by atoms with E-state index in [0.29, 0.717) is 16.0 Å². The summed E-state index contributed by atoms with van der Waals surface area (Å²) in [4.78, 5) is 0.454. The molecule has 2 atom stereocenters. The molecule has 2 unspecified atom stereocenters. The van der Waals surface area contributed by atoms with Crippen molar-refractivity contribution in [2.45, 2.75) is 30.2 Å². The first-order valence-corrected chi connectivity index (χ1v) is 7.66. The molecule has 0 fully saturated rings. The van der Waals surface area contributed by atoms with Crippen LogP contribution in [0.1, 0.15) is 24.8 Å². The Morgan fingerprint density at radius 3 is 2.88 bits per heavy atom. The van der Waals surface area contributed by atoms with Crippen LogP contribution < -0.4 is 5.32 Å². The number of hydrogen-bond acceptors (Lipinski definition) is 3. The molecule has 1 aromatic rings. The van der Waals surface area contributed by atoms with Crippen LogP contribution in [-0.4, -0.2) is 27.3 Å². The van der Waals surface area contributed by atoms with Crippen LogP contribution in [0.15, 0.2) is 23.1 Å². The number of rotatable bonds is 3. The Balaban J connectivity index is 2.39. The zero-order valence-electron chi connectivity index (χ0n) is 9.90. The largest absolute Gasteiger partial charge is 0.317 e. The van der Waals surface area contributed by atoms with Gasteiger partial charge in [-0.2, -0.15) is 0 Å². The van der Waals surface area contributed by atoms with E-state index in [2.05, 4.69) is 12.2 Å². The summed E-state index contributed by atoms with van der Waals surface area (Å²) in [6.07, 6.45) is 0.809. The third-order valence-electron chi connectivity index (χ3n) is 3.30. The summed E-state index contributed by atoms with van der Waals surface area (Å²) in [6.45, 7) is 2.05. The minimum Gasteiger partial charge on any atom is -0.317 e. The van der Waals surface area contributed by atoms with Gasteiger partial charge in [-0.3, -0.25) is 0 Å². The lowest BCUT2D eigenvalue weighted by Crippen LogP contribution is -2.24. The molecular formula is C12H16ClNO2S. The quantitative estimate of drug-likeness (QED) is 0.918. The maximum absolute atomic E-state index is 12.0. The van der Waals surface area contributed by atoms with Crippen molar-refractivity contribution in [2.24, 2.45) is 0 Å². The zero-order valence-corrected chi connectivity index (χ0v) is 11.5. The van der Waals surface area contributed by atoms with E-state index in [-0.39, 0.29) is 11.7 Å². The molecule has 0 saturated carbocycles. The van der Waals surface area contributed by atoms with Crippen molar-refractivity contribution >= 4 is 21.4 Å². The molecule has 0 aliphatic carbocycles. The second-order valence-electron chi connectivity index (χ2n) is 4.59. The molecule has 1 aliphatic rings. The molecule has 0 aromatic heterocycles. The second kappa shape index (κ2) is 4.59. The monoisotopic (exact) mass is 273 g/mol. The average Bonchev–Trinajstić information content (AvgIpc) is 2.50. The molecule has 1 heterocycles. The van der Waals surface area contributed by atoms with Gasteiger partial charge in [-0.05, 0) is 44.2 Å². The van der Waals surface area contributed by atoms with Gasteiger partial charge >= 0.3 is 0 Å². The molecule has 0 saturated heterocycles. The molecule has 1 aromatic carbocycles. The predicted octanol–water partition coefficient (Wildman–Crippen LogP) is 2.21. The topological polar surface area (TPSA) is 46.2 Å². The summed E-state index contributed by atoms with van der Waals surface area (Å²) in [5, 5.41) is 3.74. The van der Waals surface area contributed by atoms with Crippen LogP contribution in [-0.2, 0) is 9.84 Å². The highest BCUT2D eigenvalue weighted by Gasteiger charge is 2.35. The van der Waals surface area contributed by atoms with Crippen molar-refractivity contribution in [1.29, 1.82) is 0 Å². The third kappa shape index (κ3) is 2.49. The van der Waals surface area contributed by atoms with Crippen LogP contribution in [0.25, 0.3) is 0 Å². The molecule has 0 bridgehead atoms. The molecule has 3 nitrogen and oxygen atoms in total. The van der Waals surface area contributed by atoms with E-state index >= 15 is 0 Å². The smallest absolute Gasteiger partial charge is 0.179 e. The van der Waals surface area contributed by atoms with Crippen LogP contribution >= 0.6 is 11.6 Å². The SMILES string of the molecule is CNC(C)CC1CS(=O)(=O)c2ccc(Cl)cc21. The highest BCUT2D eigenvalue weighted by Crippen LogP contribution is 2.38. The molecule has 1 aliphatic heterocycles. The molecule has 0 amide bonds. The molecule has 17 heavy (non-hydrogen) atoms. The Kier molecular flexibility index (Phi) is 3.48. The number of sulfone groups is 1. The van der Waals surface area contributed by atoms with Crippen LogP contribution in [0.5, 0.6) is 0 Å². The first kappa shape index (κ1) is 12.9. The summed E-state index contributed by atoms with van der Waals surface area (Å²) in [5.74, 6) is 0.255. The molecule has 1 N–H and O–H groups in total. The number of halogens is 1. The van der Waals surface area contributed by atoms with Crippen LogP contribution in [0.4, 0.5) is 0 Å². The first-order valence-electron chi connectivity index (χ1n) is 5.63. The van der Waals surface area contributed by atoms with E-state index in [1.165, 1.54) is 0 Å². The van der Waals surface area contributed by atoms with Crippen molar-refractivity contribution in [3.8, 4) is 0 Å². The van der Waals surface area contributed by atoms with Gasteiger partial charge in [-0.25, -0.2) is 8.42 Å². The van der Waals surface area contributed by atoms with E-state index in [1.54, 1.807) is 18.2 Å². The van der Waals surface area contributed by atoms with E-state index in [4.69, 9.17) is 11.6 Å². The van der Waals surface area contributed by atoms with E-state index in [1.807, 2.05) is 7.05 Å². The van der Waals surface area contributed by atoms with Gasteiger partial charge < -0.3 is 5.32 Å². The minimum atomic E-state index is -3.11. The van der Waals surface area contributed by atoms with Gasteiger partial charge in [0.1, 0.15) is 0 Å². The van der Waals surface area contributed by atoms with Crippen molar-refractivity contribution < 1.29 is 8.42 Å².